The van der Waals surface area contributed by atoms with E-state index in [4.69, 9.17) is 5.26 Å². The van der Waals surface area contributed by atoms with Gasteiger partial charge in [-0.25, -0.2) is 0 Å². The molecule has 0 fully saturated rings. The van der Waals surface area contributed by atoms with Crippen molar-refractivity contribution in [3.05, 3.63) is 0 Å². The van der Waals surface area contributed by atoms with Crippen molar-refractivity contribution in [1.29, 1.82) is 5.26 Å². The fraction of sp³-hybridized carbons (Fsp3) is 0. The van der Waals surface area contributed by atoms with Gasteiger partial charge >= 0.3 is 7.18 Å². The minimum atomic E-state index is -5.35. The zero-order valence-corrected chi connectivity index (χ0v) is 3.07. The normalized spacial score (nSPS) is 10.0. The molecule has 6 heteroatoms. The molecule has 0 unspecified atom stereocenters. The van der Waals surface area contributed by atoms with E-state index in [1.807, 2.05) is 0 Å². The number of rotatable bonds is 1. The Bertz CT molecular complexity index is 92.1. The van der Waals surface area contributed by atoms with Gasteiger partial charge in [0.05, 0.1) is 0 Å². The number of nitrogens with zero attached hydrogens (tertiary/aromatic N) is 1. The molecule has 0 atom stereocenters. The van der Waals surface area contributed by atoms with E-state index >= 15 is 0 Å². The highest BCUT2D eigenvalue weighted by Gasteiger charge is 2.27. The van der Waals surface area contributed by atoms with Crippen LogP contribution in [0.5, 0.6) is 0 Å². The highest BCUT2D eigenvalue weighted by molar-refractivity contribution is 6.51. The number of nitriles is 1. The first-order valence-corrected chi connectivity index (χ1v) is 1.32. The van der Waals surface area contributed by atoms with Crippen LogP contribution in [0.4, 0.5) is 12.9 Å². The van der Waals surface area contributed by atoms with E-state index in [9.17, 15) is 12.9 Å². The molecule has 0 saturated carbocycles. The van der Waals surface area contributed by atoms with Gasteiger partial charge < -0.3 is 17.6 Å². The zero-order valence-electron chi connectivity index (χ0n) is 3.07. The molecule has 0 aliphatic heterocycles. The van der Waals surface area contributed by atoms with Crippen molar-refractivity contribution in [2.45, 2.75) is 0 Å². The van der Waals surface area contributed by atoms with E-state index in [1.165, 1.54) is 0 Å². The van der Waals surface area contributed by atoms with Crippen LogP contribution in [-0.4, -0.2) is 7.18 Å². The van der Waals surface area contributed by atoms with Gasteiger partial charge in [0.15, 0.2) is 0 Å². The third kappa shape index (κ3) is 5.14. The van der Waals surface area contributed by atoms with Gasteiger partial charge in [-0.15, -0.1) is 0 Å². The van der Waals surface area contributed by atoms with Gasteiger partial charge in [0.2, 0.25) is 6.26 Å². The van der Waals surface area contributed by atoms with Crippen molar-refractivity contribution < 1.29 is 17.6 Å². The molecule has 0 aliphatic carbocycles. The quantitative estimate of drug-likeness (QED) is 0.369. The third-order valence-corrected chi connectivity index (χ3v) is 0.186. The lowest BCUT2D eigenvalue weighted by Gasteiger charge is -2.07. The Labute approximate surface area is 37.6 Å². The summed E-state index contributed by atoms with van der Waals surface area (Å²) < 4.78 is 34.6. The van der Waals surface area contributed by atoms with Crippen LogP contribution in [0.15, 0.2) is 0 Å². The molecule has 0 spiro atoms. The second kappa shape index (κ2) is 1.73. The summed E-state index contributed by atoms with van der Waals surface area (Å²) in [5, 5.41) is 7.23. The summed E-state index contributed by atoms with van der Waals surface area (Å²) in [6, 6.07) is 0. The van der Waals surface area contributed by atoms with Crippen LogP contribution in [-0.2, 0) is 4.65 Å². The van der Waals surface area contributed by atoms with Crippen molar-refractivity contribution in [2.24, 2.45) is 0 Å². The van der Waals surface area contributed by atoms with Gasteiger partial charge in [-0.3, -0.25) is 0 Å². The summed E-state index contributed by atoms with van der Waals surface area (Å²) in [5.41, 5.74) is 0. The molecular weight excluding hydrogens is 110 g/mol. The Morgan fingerprint density at radius 3 is 1.86 bits per heavy atom. The van der Waals surface area contributed by atoms with Crippen LogP contribution < -0.4 is 0 Å². The predicted molar refractivity (Wildman–Crippen MR) is 15.8 cm³/mol. The second-order valence-corrected chi connectivity index (χ2v) is 0.724. The summed E-state index contributed by atoms with van der Waals surface area (Å²) in [7, 11) is -5.35. The van der Waals surface area contributed by atoms with Crippen LogP contribution in [0.1, 0.15) is 0 Å². The number of hydrogen-bond donors (Lipinski definition) is 0. The minimum absolute atomic E-state index is 0.510. The van der Waals surface area contributed by atoms with Gasteiger partial charge in [0.25, 0.3) is 0 Å². The van der Waals surface area contributed by atoms with Gasteiger partial charge in [-0.05, 0) is 0 Å². The van der Waals surface area contributed by atoms with Crippen LogP contribution in [0.25, 0.3) is 0 Å². The maximum atomic E-state index is 10.7. The van der Waals surface area contributed by atoms with E-state index in [0.29, 0.717) is 6.26 Å². The van der Waals surface area contributed by atoms with Crippen LogP contribution >= 0.6 is 0 Å². The maximum absolute atomic E-state index is 10.7. The molecule has 0 rings (SSSR count). The third-order valence-electron chi connectivity index (χ3n) is 0.186. The molecule has 0 N–H and O–H groups in total. The van der Waals surface area contributed by atoms with Crippen molar-refractivity contribution in [3.63, 3.8) is 0 Å². The minimum Gasteiger partial charge on any atom is -0.566 e. The van der Waals surface area contributed by atoms with Crippen LogP contribution in [0.3, 0.4) is 0 Å². The van der Waals surface area contributed by atoms with Crippen LogP contribution in [0, 0.1) is 11.5 Å². The smallest absolute Gasteiger partial charge is 0.566 e. The van der Waals surface area contributed by atoms with Crippen molar-refractivity contribution in [1.82, 2.24) is 0 Å². The summed E-state index contributed by atoms with van der Waals surface area (Å²) in [6.45, 7) is 0. The second-order valence-electron chi connectivity index (χ2n) is 0.724. The average Bonchev–Trinajstić information content (AvgIpc) is 1.30. The van der Waals surface area contributed by atoms with E-state index in [0.717, 1.165) is 0 Å². The Kier molecular flexibility index (Phi) is 1.52. The number of halogens is 3. The maximum Gasteiger partial charge on any atom is 0.709 e. The highest BCUT2D eigenvalue weighted by atomic mass is 19.4. The topological polar surface area (TPSA) is 33.0 Å². The Morgan fingerprint density at radius 2 is 1.86 bits per heavy atom. The largest absolute Gasteiger partial charge is 0.709 e. The Balaban J connectivity index is 3.40. The molecule has 40 valence electrons. The van der Waals surface area contributed by atoms with E-state index < -0.39 is 7.18 Å². The summed E-state index contributed by atoms with van der Waals surface area (Å²) in [5.74, 6) is 0. The van der Waals surface area contributed by atoms with Gasteiger partial charge in [0, 0.05) is 0 Å². The van der Waals surface area contributed by atoms with Gasteiger partial charge in [0.1, 0.15) is 0 Å². The molecule has 0 radical (unpaired) electrons. The molecule has 7 heavy (non-hydrogen) atoms. The predicted octanol–water partition coefficient (Wildman–Crippen LogP) is 0.828. The molecule has 0 heterocycles. The van der Waals surface area contributed by atoms with E-state index in [1.54, 1.807) is 0 Å². The number of hydrogen-bond acceptors (Lipinski definition) is 2. The van der Waals surface area contributed by atoms with Crippen LogP contribution in [0.2, 0.25) is 0 Å². The monoisotopic (exact) mass is 110 g/mol. The SMILES string of the molecule is N#CO[B-](F)(F)F. The Hall–Kier alpha value is -0.855. The summed E-state index contributed by atoms with van der Waals surface area (Å²) >= 11 is 0. The standard InChI is InChI=1S/CBF3NO/c3-2(4,5)7-1-6/q-1. The van der Waals surface area contributed by atoms with Crippen molar-refractivity contribution in [2.75, 3.05) is 0 Å². The lowest BCUT2D eigenvalue weighted by molar-refractivity contribution is 0.270. The lowest BCUT2D eigenvalue weighted by atomic mass is 10.3. The summed E-state index contributed by atoms with van der Waals surface area (Å²) in [4.78, 5) is 0. The molecular formula is CBF3NO-. The van der Waals surface area contributed by atoms with E-state index in [2.05, 4.69) is 4.65 Å². The first-order valence-electron chi connectivity index (χ1n) is 1.32. The van der Waals surface area contributed by atoms with Gasteiger partial charge in [-0.2, -0.15) is 5.26 Å². The fourth-order valence-corrected chi connectivity index (χ4v) is 0.0598. The van der Waals surface area contributed by atoms with E-state index in [-0.39, 0.29) is 0 Å². The molecule has 0 bridgehead atoms. The lowest BCUT2D eigenvalue weighted by Crippen LogP contribution is -2.16. The molecule has 0 amide bonds. The molecule has 0 aromatic rings. The van der Waals surface area contributed by atoms with Crippen molar-refractivity contribution >= 4 is 7.18 Å². The Morgan fingerprint density at radius 1 is 1.43 bits per heavy atom. The van der Waals surface area contributed by atoms with Crippen molar-refractivity contribution in [3.8, 4) is 6.26 Å². The molecule has 0 aromatic heterocycles. The molecule has 2 nitrogen and oxygen atoms in total. The first-order chi connectivity index (χ1) is 3.06. The first kappa shape index (κ1) is 6.14. The summed E-state index contributed by atoms with van der Waals surface area (Å²) in [6.07, 6.45) is 0.510. The molecule has 0 aromatic carbocycles. The van der Waals surface area contributed by atoms with Gasteiger partial charge in [-0.1, -0.05) is 0 Å². The average molecular weight is 110 g/mol. The zero-order chi connectivity index (χ0) is 5.91. The molecule has 0 aliphatic rings. The fourth-order valence-electron chi connectivity index (χ4n) is 0.0598. The highest BCUT2D eigenvalue weighted by Crippen LogP contribution is 2.07. The molecule has 0 saturated heterocycles.